The first kappa shape index (κ1) is 23.0. The van der Waals surface area contributed by atoms with Crippen LogP contribution in [0.5, 0.6) is 0 Å². The van der Waals surface area contributed by atoms with Crippen LogP contribution in [0.2, 0.25) is 0 Å². The Morgan fingerprint density at radius 1 is 1.10 bits per heavy atom. The molecule has 5 N–H and O–H groups in total. The predicted octanol–water partition coefficient (Wildman–Crippen LogP) is 2.48. The summed E-state index contributed by atoms with van der Waals surface area (Å²) in [7, 11) is 0. The first-order valence-electron chi connectivity index (χ1n) is 11.5. The lowest BCUT2D eigenvalue weighted by Gasteiger charge is -2.27. The largest absolute Gasteiger partial charge is 0.354 e. The van der Waals surface area contributed by atoms with E-state index in [9.17, 15) is 9.59 Å². The van der Waals surface area contributed by atoms with E-state index in [0.717, 1.165) is 30.5 Å². The van der Waals surface area contributed by atoms with Crippen LogP contribution in [0, 0.1) is 5.92 Å². The fourth-order valence-corrected chi connectivity index (χ4v) is 4.23. The Morgan fingerprint density at radius 2 is 1.87 bits per heavy atom. The first-order chi connectivity index (χ1) is 15.1. The summed E-state index contributed by atoms with van der Waals surface area (Å²) in [5, 5.41) is 5.92. The van der Waals surface area contributed by atoms with E-state index < -0.39 is 12.1 Å². The number of nitrogens with zero attached hydrogens (tertiary/aromatic N) is 1. The van der Waals surface area contributed by atoms with Gasteiger partial charge in [-0.25, -0.2) is 4.98 Å². The number of nitrogens with two attached hydrogens (primary N) is 1. The maximum Gasteiger partial charge on any atom is 0.242 e. The quantitative estimate of drug-likeness (QED) is 0.443. The molecule has 2 unspecified atom stereocenters. The molecule has 1 aromatic heterocycles. The van der Waals surface area contributed by atoms with E-state index in [1.165, 1.54) is 19.3 Å². The average Bonchev–Trinajstić information content (AvgIpc) is 3.32. The van der Waals surface area contributed by atoms with Crippen molar-refractivity contribution in [1.82, 2.24) is 20.6 Å². The molecule has 0 bridgehead atoms. The molecule has 1 fully saturated rings. The second-order valence-corrected chi connectivity index (χ2v) is 8.55. The highest BCUT2D eigenvalue weighted by atomic mass is 16.2. The molecule has 7 nitrogen and oxygen atoms in total. The van der Waals surface area contributed by atoms with Gasteiger partial charge in [-0.3, -0.25) is 9.59 Å². The zero-order valence-electron chi connectivity index (χ0n) is 18.2. The van der Waals surface area contributed by atoms with E-state index in [0.29, 0.717) is 31.7 Å². The first-order valence-corrected chi connectivity index (χ1v) is 11.5. The molecule has 2 amide bonds. The molecule has 2 atom stereocenters. The zero-order valence-corrected chi connectivity index (χ0v) is 18.2. The summed E-state index contributed by atoms with van der Waals surface area (Å²) in [4.78, 5) is 32.7. The third-order valence-corrected chi connectivity index (χ3v) is 6.10. The van der Waals surface area contributed by atoms with Crippen molar-refractivity contribution in [2.45, 2.75) is 69.9 Å². The number of carbonyl (C=O) groups is 2. The fraction of sp³-hybridized carbons (Fsp3) is 0.542. The number of rotatable bonds is 11. The number of aromatic nitrogens is 2. The van der Waals surface area contributed by atoms with Crippen LogP contribution < -0.4 is 16.4 Å². The lowest BCUT2D eigenvalue weighted by atomic mass is 9.84. The maximum atomic E-state index is 12.9. The molecule has 1 saturated carbocycles. The Balaban J connectivity index is 1.52. The van der Waals surface area contributed by atoms with Gasteiger partial charge in [0.2, 0.25) is 11.8 Å². The molecule has 1 aliphatic carbocycles. The molecular weight excluding hydrogens is 390 g/mol. The van der Waals surface area contributed by atoms with Gasteiger partial charge in [-0.05, 0) is 30.7 Å². The van der Waals surface area contributed by atoms with Gasteiger partial charge in [0.25, 0.3) is 0 Å². The van der Waals surface area contributed by atoms with Crippen molar-refractivity contribution in [1.29, 1.82) is 0 Å². The molecule has 1 aromatic carbocycles. The van der Waals surface area contributed by atoms with Crippen LogP contribution in [0.1, 0.15) is 56.2 Å². The average molecular weight is 426 g/mol. The second kappa shape index (κ2) is 12.2. The van der Waals surface area contributed by atoms with Gasteiger partial charge < -0.3 is 21.4 Å². The standard InChI is InChI=1S/C24H35N5O2/c25-21(12-11-18-7-3-1-4-8-18)23(30)29-22(15-19-9-5-2-6-10-19)24(31)27-14-13-20-16-26-17-28-20/h1,3-4,7-8,16-17,19,21-22H,2,5-6,9-15,25H2,(H,26,28)(H,27,31)(H,29,30). The number of benzene rings is 1. The van der Waals surface area contributed by atoms with Crippen LogP contribution >= 0.6 is 0 Å². The van der Waals surface area contributed by atoms with E-state index in [-0.39, 0.29) is 11.8 Å². The summed E-state index contributed by atoms with van der Waals surface area (Å²) in [6, 6.07) is 8.82. The van der Waals surface area contributed by atoms with Gasteiger partial charge in [0.05, 0.1) is 12.4 Å². The summed E-state index contributed by atoms with van der Waals surface area (Å²) in [5.41, 5.74) is 8.28. The van der Waals surface area contributed by atoms with E-state index in [2.05, 4.69) is 20.6 Å². The monoisotopic (exact) mass is 425 g/mol. The summed E-state index contributed by atoms with van der Waals surface area (Å²) in [6.45, 7) is 0.498. The Hall–Kier alpha value is -2.67. The van der Waals surface area contributed by atoms with Crippen molar-refractivity contribution in [3.8, 4) is 0 Å². The SMILES string of the molecule is NC(CCc1ccccc1)C(=O)NC(CC1CCCCC1)C(=O)NCCc1cnc[nH]1. The van der Waals surface area contributed by atoms with Crippen molar-refractivity contribution in [3.63, 3.8) is 0 Å². The maximum absolute atomic E-state index is 12.9. The molecular formula is C24H35N5O2. The van der Waals surface area contributed by atoms with Crippen LogP contribution in [0.4, 0.5) is 0 Å². The highest BCUT2D eigenvalue weighted by Crippen LogP contribution is 2.27. The minimum atomic E-state index is -0.633. The third kappa shape index (κ3) is 7.83. The number of imidazole rings is 1. The van der Waals surface area contributed by atoms with Crippen LogP contribution in [-0.4, -0.2) is 40.4 Å². The van der Waals surface area contributed by atoms with Gasteiger partial charge in [-0.15, -0.1) is 0 Å². The molecule has 7 heteroatoms. The van der Waals surface area contributed by atoms with Gasteiger partial charge in [0, 0.05) is 24.9 Å². The highest BCUT2D eigenvalue weighted by molar-refractivity contribution is 5.89. The minimum Gasteiger partial charge on any atom is -0.354 e. The van der Waals surface area contributed by atoms with Crippen molar-refractivity contribution < 1.29 is 9.59 Å². The normalized spacial score (nSPS) is 16.4. The van der Waals surface area contributed by atoms with Crippen LogP contribution in [0.3, 0.4) is 0 Å². The topological polar surface area (TPSA) is 113 Å². The number of aromatic amines is 1. The van der Waals surface area contributed by atoms with Crippen LogP contribution in [0.25, 0.3) is 0 Å². The smallest absolute Gasteiger partial charge is 0.242 e. The Morgan fingerprint density at radius 3 is 2.58 bits per heavy atom. The molecule has 0 aliphatic heterocycles. The second-order valence-electron chi connectivity index (χ2n) is 8.55. The minimum absolute atomic E-state index is 0.131. The van der Waals surface area contributed by atoms with E-state index in [1.807, 2.05) is 30.3 Å². The summed E-state index contributed by atoms with van der Waals surface area (Å²) in [6.07, 6.45) is 11.9. The lowest BCUT2D eigenvalue weighted by molar-refractivity contribution is -0.130. The van der Waals surface area contributed by atoms with E-state index in [4.69, 9.17) is 5.73 Å². The van der Waals surface area contributed by atoms with Crippen molar-refractivity contribution >= 4 is 11.8 Å². The number of nitrogens with one attached hydrogen (secondary N) is 3. The number of carbonyl (C=O) groups excluding carboxylic acids is 2. The molecule has 168 valence electrons. The fourth-order valence-electron chi connectivity index (χ4n) is 4.23. The molecule has 0 saturated heterocycles. The van der Waals surface area contributed by atoms with Gasteiger partial charge in [-0.1, -0.05) is 62.4 Å². The van der Waals surface area contributed by atoms with Crippen LogP contribution in [0.15, 0.2) is 42.9 Å². The van der Waals surface area contributed by atoms with Crippen LogP contribution in [-0.2, 0) is 22.4 Å². The summed E-state index contributed by atoms with van der Waals surface area (Å²) < 4.78 is 0. The summed E-state index contributed by atoms with van der Waals surface area (Å²) >= 11 is 0. The Kier molecular flexibility index (Phi) is 9.09. The molecule has 31 heavy (non-hydrogen) atoms. The number of amides is 2. The molecule has 3 rings (SSSR count). The van der Waals surface area contributed by atoms with Gasteiger partial charge in [-0.2, -0.15) is 0 Å². The van der Waals surface area contributed by atoms with Crippen molar-refractivity contribution in [3.05, 3.63) is 54.1 Å². The molecule has 0 radical (unpaired) electrons. The Labute approximate surface area is 184 Å². The number of hydrogen-bond donors (Lipinski definition) is 4. The zero-order chi connectivity index (χ0) is 21.9. The Bertz CT molecular complexity index is 788. The highest BCUT2D eigenvalue weighted by Gasteiger charge is 2.27. The van der Waals surface area contributed by atoms with Crippen molar-refractivity contribution in [2.24, 2.45) is 11.7 Å². The van der Waals surface area contributed by atoms with Gasteiger partial charge >= 0.3 is 0 Å². The molecule has 1 heterocycles. The van der Waals surface area contributed by atoms with Crippen molar-refractivity contribution in [2.75, 3.05) is 6.54 Å². The third-order valence-electron chi connectivity index (χ3n) is 6.10. The summed E-state index contributed by atoms with van der Waals surface area (Å²) in [5.74, 6) is 0.0899. The van der Waals surface area contributed by atoms with E-state index >= 15 is 0 Å². The number of H-pyrrole nitrogens is 1. The van der Waals surface area contributed by atoms with E-state index in [1.54, 1.807) is 12.5 Å². The van der Waals surface area contributed by atoms with Gasteiger partial charge in [0.1, 0.15) is 6.04 Å². The lowest BCUT2D eigenvalue weighted by Crippen LogP contribution is -2.52. The predicted molar refractivity (Wildman–Crippen MR) is 121 cm³/mol. The molecule has 0 spiro atoms. The molecule has 1 aliphatic rings. The molecule has 2 aromatic rings. The van der Waals surface area contributed by atoms with Gasteiger partial charge in [0.15, 0.2) is 0 Å². The number of hydrogen-bond acceptors (Lipinski definition) is 4. The number of aryl methyl sites for hydroxylation is 1.